The summed E-state index contributed by atoms with van der Waals surface area (Å²) < 4.78 is 7.27. The predicted molar refractivity (Wildman–Crippen MR) is 101 cm³/mol. The quantitative estimate of drug-likeness (QED) is 0.892. The molecule has 1 amide bonds. The lowest BCUT2D eigenvalue weighted by molar-refractivity contribution is -0.00231. The molecule has 1 aromatic carbocycles. The van der Waals surface area contributed by atoms with Crippen LogP contribution in [0.2, 0.25) is 0 Å². The summed E-state index contributed by atoms with van der Waals surface area (Å²) in [5.41, 5.74) is 1.61. The van der Waals surface area contributed by atoms with E-state index in [0.717, 1.165) is 12.1 Å². The Labute approximate surface area is 159 Å². The molecule has 1 aromatic heterocycles. The summed E-state index contributed by atoms with van der Waals surface area (Å²) in [6.45, 7) is 7.02. The lowest BCUT2D eigenvalue weighted by atomic mass is 9.91. The number of nitrogens with zero attached hydrogens (tertiary/aromatic N) is 4. The lowest BCUT2D eigenvalue weighted by Gasteiger charge is -2.36. The van der Waals surface area contributed by atoms with Gasteiger partial charge in [-0.05, 0) is 39.2 Å². The van der Waals surface area contributed by atoms with Crippen molar-refractivity contribution in [1.29, 1.82) is 0 Å². The Bertz CT molecular complexity index is 754. The molecule has 27 heavy (non-hydrogen) atoms. The maximum absolute atomic E-state index is 12.2. The number of aliphatic hydroxyl groups is 1. The van der Waals surface area contributed by atoms with Crippen molar-refractivity contribution in [2.24, 2.45) is 0 Å². The molecule has 1 N–H and O–H groups in total. The second-order valence-electron chi connectivity index (χ2n) is 8.01. The molecular weight excluding hydrogens is 344 g/mol. The molecule has 7 nitrogen and oxygen atoms in total. The number of carbonyl (C=O) groups excluding carboxylic acids is 1. The molecule has 0 bridgehead atoms. The van der Waals surface area contributed by atoms with E-state index in [2.05, 4.69) is 22.4 Å². The van der Waals surface area contributed by atoms with Gasteiger partial charge in [0.15, 0.2) is 0 Å². The van der Waals surface area contributed by atoms with Crippen LogP contribution in [0.1, 0.15) is 44.4 Å². The first-order chi connectivity index (χ1) is 12.8. The zero-order valence-corrected chi connectivity index (χ0v) is 16.2. The zero-order valence-electron chi connectivity index (χ0n) is 16.2. The van der Waals surface area contributed by atoms with Gasteiger partial charge in [0.25, 0.3) is 0 Å². The Morgan fingerprint density at radius 1 is 1.30 bits per heavy atom. The Balaban J connectivity index is 1.62. The number of carbonyl (C=O) groups is 1. The van der Waals surface area contributed by atoms with Crippen LogP contribution < -0.4 is 0 Å². The molecule has 0 unspecified atom stereocenters. The predicted octanol–water partition coefficient (Wildman–Crippen LogP) is 2.61. The van der Waals surface area contributed by atoms with Crippen molar-refractivity contribution >= 4 is 6.09 Å². The number of β-amino-alcohol motifs (C(OH)–C–C–N with tert-alkyl or cyclic N) is 1. The number of ether oxygens (including phenoxy) is 1. The summed E-state index contributed by atoms with van der Waals surface area (Å²) in [7, 11) is 0. The average molecular weight is 372 g/mol. The monoisotopic (exact) mass is 372 g/mol. The lowest BCUT2D eigenvalue weighted by Crippen LogP contribution is -2.47. The van der Waals surface area contributed by atoms with Crippen LogP contribution in [0, 0.1) is 0 Å². The number of aliphatic hydroxyl groups excluding tert-OH is 1. The van der Waals surface area contributed by atoms with Crippen LogP contribution in [0.15, 0.2) is 36.5 Å². The molecule has 1 fully saturated rings. The number of hydrogen-bond donors (Lipinski definition) is 1. The minimum atomic E-state index is -0.666. The van der Waals surface area contributed by atoms with E-state index < -0.39 is 11.7 Å². The molecule has 2 aromatic rings. The standard InChI is InChI=1S/C20H28N4O3/c1-20(2,3)27-19(26)23-11-10-16(18(25)14-23)17-13-21-22-24(17)12-9-15-7-5-4-6-8-15/h4-8,13,16,18,25H,9-12,14H2,1-3H3/t16-,18+/m0/s1. The first-order valence-corrected chi connectivity index (χ1v) is 9.42. The Morgan fingerprint density at radius 3 is 2.70 bits per heavy atom. The number of likely N-dealkylation sites (tertiary alicyclic amines) is 1. The van der Waals surface area contributed by atoms with Crippen LogP contribution in [0.25, 0.3) is 0 Å². The fourth-order valence-electron chi connectivity index (χ4n) is 3.38. The van der Waals surface area contributed by atoms with E-state index in [0.29, 0.717) is 19.5 Å². The van der Waals surface area contributed by atoms with Crippen LogP contribution in [-0.4, -0.2) is 55.9 Å². The van der Waals surface area contributed by atoms with Crippen molar-refractivity contribution in [3.05, 3.63) is 47.8 Å². The molecule has 1 saturated heterocycles. The Morgan fingerprint density at radius 2 is 2.04 bits per heavy atom. The largest absolute Gasteiger partial charge is 0.444 e. The molecule has 0 spiro atoms. The van der Waals surface area contributed by atoms with Crippen molar-refractivity contribution in [2.75, 3.05) is 13.1 Å². The van der Waals surface area contributed by atoms with Crippen molar-refractivity contribution in [3.8, 4) is 0 Å². The molecular formula is C20H28N4O3. The molecule has 1 aliphatic heterocycles. The molecule has 2 atom stereocenters. The van der Waals surface area contributed by atoms with Crippen LogP contribution >= 0.6 is 0 Å². The maximum Gasteiger partial charge on any atom is 0.410 e. The average Bonchev–Trinajstić information content (AvgIpc) is 3.07. The van der Waals surface area contributed by atoms with E-state index >= 15 is 0 Å². The van der Waals surface area contributed by atoms with Crippen LogP contribution in [-0.2, 0) is 17.7 Å². The number of aromatic nitrogens is 3. The summed E-state index contributed by atoms with van der Waals surface area (Å²) in [5.74, 6) is -0.0885. The van der Waals surface area contributed by atoms with Crippen molar-refractivity contribution in [2.45, 2.75) is 57.8 Å². The molecule has 7 heteroatoms. The first kappa shape index (κ1) is 19.4. The molecule has 146 valence electrons. The van der Waals surface area contributed by atoms with Gasteiger partial charge in [0.1, 0.15) is 5.60 Å². The van der Waals surface area contributed by atoms with Crippen LogP contribution in [0.3, 0.4) is 0 Å². The number of amides is 1. The SMILES string of the molecule is CC(C)(C)OC(=O)N1CC[C@@H](c2cnnn2CCc2ccccc2)[C@H](O)C1. The van der Waals surface area contributed by atoms with E-state index in [9.17, 15) is 9.90 Å². The fraction of sp³-hybridized carbons (Fsp3) is 0.550. The van der Waals surface area contributed by atoms with Gasteiger partial charge < -0.3 is 14.7 Å². The van der Waals surface area contributed by atoms with Crippen LogP contribution in [0.4, 0.5) is 4.79 Å². The normalized spacial score (nSPS) is 20.5. The molecule has 3 rings (SSSR count). The van der Waals surface area contributed by atoms with E-state index in [1.807, 2.05) is 43.7 Å². The third kappa shape index (κ3) is 5.07. The number of benzene rings is 1. The van der Waals surface area contributed by atoms with Gasteiger partial charge in [-0.25, -0.2) is 9.48 Å². The fourth-order valence-corrected chi connectivity index (χ4v) is 3.38. The first-order valence-electron chi connectivity index (χ1n) is 9.42. The highest BCUT2D eigenvalue weighted by Gasteiger charge is 2.35. The van der Waals surface area contributed by atoms with Gasteiger partial charge in [-0.15, -0.1) is 5.10 Å². The minimum Gasteiger partial charge on any atom is -0.444 e. The molecule has 0 saturated carbocycles. The number of rotatable bonds is 4. The molecule has 2 heterocycles. The highest BCUT2D eigenvalue weighted by molar-refractivity contribution is 5.68. The highest BCUT2D eigenvalue weighted by Crippen LogP contribution is 2.29. The minimum absolute atomic E-state index is 0.0885. The summed E-state index contributed by atoms with van der Waals surface area (Å²) in [6.07, 6.45) is 2.18. The smallest absolute Gasteiger partial charge is 0.410 e. The third-order valence-electron chi connectivity index (χ3n) is 4.72. The van der Waals surface area contributed by atoms with E-state index in [1.165, 1.54) is 5.56 Å². The van der Waals surface area contributed by atoms with Gasteiger partial charge >= 0.3 is 6.09 Å². The van der Waals surface area contributed by atoms with Gasteiger partial charge in [0, 0.05) is 19.0 Å². The highest BCUT2D eigenvalue weighted by atomic mass is 16.6. The third-order valence-corrected chi connectivity index (χ3v) is 4.72. The van der Waals surface area contributed by atoms with E-state index in [-0.39, 0.29) is 18.6 Å². The summed E-state index contributed by atoms with van der Waals surface area (Å²) in [5, 5.41) is 18.9. The summed E-state index contributed by atoms with van der Waals surface area (Å²) in [4.78, 5) is 13.8. The van der Waals surface area contributed by atoms with Crippen molar-refractivity contribution < 1.29 is 14.6 Å². The van der Waals surface area contributed by atoms with E-state index in [4.69, 9.17) is 4.74 Å². The second kappa shape index (κ2) is 8.08. The maximum atomic E-state index is 12.2. The molecule has 0 aliphatic carbocycles. The van der Waals surface area contributed by atoms with E-state index in [1.54, 1.807) is 11.1 Å². The number of piperidine rings is 1. The van der Waals surface area contributed by atoms with Crippen LogP contribution in [0.5, 0.6) is 0 Å². The number of aryl methyl sites for hydroxylation is 2. The van der Waals surface area contributed by atoms with Gasteiger partial charge in [-0.2, -0.15) is 0 Å². The molecule has 0 radical (unpaired) electrons. The number of hydrogen-bond acceptors (Lipinski definition) is 5. The summed E-state index contributed by atoms with van der Waals surface area (Å²) >= 11 is 0. The van der Waals surface area contributed by atoms with Gasteiger partial charge in [0.05, 0.1) is 24.5 Å². The Kier molecular flexibility index (Phi) is 5.79. The van der Waals surface area contributed by atoms with Crippen molar-refractivity contribution in [1.82, 2.24) is 19.9 Å². The topological polar surface area (TPSA) is 80.5 Å². The molecule has 1 aliphatic rings. The Hall–Kier alpha value is -2.41. The summed E-state index contributed by atoms with van der Waals surface area (Å²) in [6, 6.07) is 10.2. The van der Waals surface area contributed by atoms with Crippen molar-refractivity contribution in [3.63, 3.8) is 0 Å². The second-order valence-corrected chi connectivity index (χ2v) is 8.01. The zero-order chi connectivity index (χ0) is 19.4. The van der Waals surface area contributed by atoms with Gasteiger partial charge in [0.2, 0.25) is 0 Å². The van der Waals surface area contributed by atoms with Gasteiger partial charge in [-0.3, -0.25) is 0 Å². The van der Waals surface area contributed by atoms with Gasteiger partial charge in [-0.1, -0.05) is 35.5 Å².